The molecule has 3 heterocycles. The lowest BCUT2D eigenvalue weighted by Gasteiger charge is -2.22. The van der Waals surface area contributed by atoms with Crippen LogP contribution in [-0.4, -0.2) is 33.7 Å². The first-order valence-corrected chi connectivity index (χ1v) is 5.80. The number of anilines is 1. The fourth-order valence-electron chi connectivity index (χ4n) is 2.08. The number of fused-ring (bicyclic) bond motifs is 1. The third-order valence-corrected chi connectivity index (χ3v) is 2.92. The lowest BCUT2D eigenvalue weighted by molar-refractivity contribution is 0.478. The van der Waals surface area contributed by atoms with Crippen LogP contribution in [0.4, 0.5) is 10.3 Å². The predicted octanol–water partition coefficient (Wildman–Crippen LogP) is 1.03. The quantitative estimate of drug-likeness (QED) is 0.816. The summed E-state index contributed by atoms with van der Waals surface area (Å²) in [5.74, 6) is 0.248. The Balaban J connectivity index is 1.80. The van der Waals surface area contributed by atoms with Crippen molar-refractivity contribution in [2.75, 3.05) is 18.4 Å². The molecule has 0 bridgehead atoms. The van der Waals surface area contributed by atoms with Gasteiger partial charge in [-0.1, -0.05) is 0 Å². The lowest BCUT2D eigenvalue weighted by atomic mass is 10.1. The first-order valence-electron chi connectivity index (χ1n) is 5.80. The van der Waals surface area contributed by atoms with Crippen LogP contribution in [0, 0.1) is 5.82 Å². The van der Waals surface area contributed by atoms with Gasteiger partial charge in [0, 0.05) is 12.6 Å². The molecule has 0 radical (unpaired) electrons. The normalized spacial score (nSPS) is 20.6. The zero-order chi connectivity index (χ0) is 11.7. The van der Waals surface area contributed by atoms with E-state index in [1.54, 1.807) is 6.07 Å². The van der Waals surface area contributed by atoms with Crippen molar-refractivity contribution in [3.8, 4) is 0 Å². The average Bonchev–Trinajstić information content (AvgIpc) is 2.71. The summed E-state index contributed by atoms with van der Waals surface area (Å²) in [7, 11) is 0. The van der Waals surface area contributed by atoms with E-state index in [0.717, 1.165) is 25.9 Å². The Morgan fingerprint density at radius 1 is 1.47 bits per heavy atom. The number of hydrogen-bond acceptors (Lipinski definition) is 4. The number of piperidine rings is 1. The minimum atomic E-state index is -0.312. The van der Waals surface area contributed by atoms with Gasteiger partial charge in [-0.3, -0.25) is 0 Å². The molecule has 2 aromatic rings. The zero-order valence-corrected chi connectivity index (χ0v) is 9.36. The van der Waals surface area contributed by atoms with Crippen LogP contribution in [0.25, 0.3) is 5.65 Å². The van der Waals surface area contributed by atoms with Gasteiger partial charge >= 0.3 is 0 Å². The number of halogens is 1. The van der Waals surface area contributed by atoms with Crippen LogP contribution >= 0.6 is 0 Å². The molecule has 5 nitrogen and oxygen atoms in total. The summed E-state index contributed by atoms with van der Waals surface area (Å²) < 4.78 is 14.4. The van der Waals surface area contributed by atoms with Gasteiger partial charge in [-0.15, -0.1) is 5.10 Å². The maximum Gasteiger partial charge on any atom is 0.243 e. The SMILES string of the molecule is Fc1ccc2nc(NC3CCCNC3)nn2c1. The van der Waals surface area contributed by atoms with E-state index >= 15 is 0 Å². The van der Waals surface area contributed by atoms with Crippen molar-refractivity contribution in [3.05, 3.63) is 24.1 Å². The van der Waals surface area contributed by atoms with E-state index in [4.69, 9.17) is 0 Å². The zero-order valence-electron chi connectivity index (χ0n) is 9.36. The maximum atomic E-state index is 13.0. The van der Waals surface area contributed by atoms with Gasteiger partial charge in [0.1, 0.15) is 5.82 Å². The van der Waals surface area contributed by atoms with Crippen LogP contribution in [0.1, 0.15) is 12.8 Å². The highest BCUT2D eigenvalue weighted by molar-refractivity contribution is 5.43. The van der Waals surface area contributed by atoms with Gasteiger partial charge in [0.2, 0.25) is 5.95 Å². The van der Waals surface area contributed by atoms with E-state index in [0.29, 0.717) is 17.6 Å². The first-order chi connectivity index (χ1) is 8.31. The largest absolute Gasteiger partial charge is 0.349 e. The van der Waals surface area contributed by atoms with Gasteiger partial charge in [-0.2, -0.15) is 4.98 Å². The summed E-state index contributed by atoms with van der Waals surface area (Å²) in [5, 5.41) is 10.8. The molecule has 6 heteroatoms. The highest BCUT2D eigenvalue weighted by atomic mass is 19.1. The van der Waals surface area contributed by atoms with Gasteiger partial charge < -0.3 is 10.6 Å². The molecule has 90 valence electrons. The van der Waals surface area contributed by atoms with Gasteiger partial charge in [0.15, 0.2) is 5.65 Å². The third-order valence-electron chi connectivity index (χ3n) is 2.92. The first kappa shape index (κ1) is 10.5. The molecular weight excluding hydrogens is 221 g/mol. The molecule has 0 amide bonds. The van der Waals surface area contributed by atoms with E-state index in [1.807, 2.05) is 0 Å². The van der Waals surface area contributed by atoms with Gasteiger partial charge in [-0.25, -0.2) is 8.91 Å². The topological polar surface area (TPSA) is 54.2 Å². The van der Waals surface area contributed by atoms with Crippen molar-refractivity contribution < 1.29 is 4.39 Å². The molecule has 3 rings (SSSR count). The van der Waals surface area contributed by atoms with Crippen molar-refractivity contribution in [2.24, 2.45) is 0 Å². The predicted molar refractivity (Wildman–Crippen MR) is 62.5 cm³/mol. The second-order valence-electron chi connectivity index (χ2n) is 4.27. The van der Waals surface area contributed by atoms with Gasteiger partial charge in [-0.05, 0) is 31.5 Å². The molecule has 1 unspecified atom stereocenters. The second kappa shape index (κ2) is 4.29. The Labute approximate surface area is 98.0 Å². The van der Waals surface area contributed by atoms with E-state index in [-0.39, 0.29) is 5.82 Å². The van der Waals surface area contributed by atoms with Crippen molar-refractivity contribution in [3.63, 3.8) is 0 Å². The Morgan fingerprint density at radius 2 is 2.41 bits per heavy atom. The highest BCUT2D eigenvalue weighted by Gasteiger charge is 2.14. The molecule has 0 spiro atoms. The Hall–Kier alpha value is -1.69. The van der Waals surface area contributed by atoms with Crippen molar-refractivity contribution in [1.29, 1.82) is 0 Å². The summed E-state index contributed by atoms with van der Waals surface area (Å²) in [4.78, 5) is 4.29. The van der Waals surface area contributed by atoms with Crippen LogP contribution in [0.3, 0.4) is 0 Å². The summed E-state index contributed by atoms with van der Waals surface area (Å²) in [6.07, 6.45) is 3.59. The van der Waals surface area contributed by atoms with Crippen LogP contribution in [0.5, 0.6) is 0 Å². The van der Waals surface area contributed by atoms with Gasteiger partial charge in [0.05, 0.1) is 6.20 Å². The Kier molecular flexibility index (Phi) is 2.64. The molecule has 1 aliphatic heterocycles. The molecule has 17 heavy (non-hydrogen) atoms. The lowest BCUT2D eigenvalue weighted by Crippen LogP contribution is -2.38. The summed E-state index contributed by atoms with van der Waals surface area (Å²) in [6.45, 7) is 1.99. The molecule has 1 fully saturated rings. The number of nitrogens with one attached hydrogen (secondary N) is 2. The monoisotopic (exact) mass is 235 g/mol. The molecule has 0 aliphatic carbocycles. The smallest absolute Gasteiger partial charge is 0.243 e. The molecule has 1 aliphatic rings. The van der Waals surface area contributed by atoms with Crippen LogP contribution < -0.4 is 10.6 Å². The average molecular weight is 235 g/mol. The van der Waals surface area contributed by atoms with Crippen LogP contribution in [0.15, 0.2) is 18.3 Å². The molecular formula is C11H14FN5. The van der Waals surface area contributed by atoms with E-state index in [2.05, 4.69) is 20.7 Å². The minimum absolute atomic E-state index is 0.312. The molecule has 0 saturated carbocycles. The number of pyridine rings is 1. The van der Waals surface area contributed by atoms with E-state index in [1.165, 1.54) is 16.8 Å². The molecule has 2 aromatic heterocycles. The summed E-state index contributed by atoms with van der Waals surface area (Å²) in [5.41, 5.74) is 0.651. The minimum Gasteiger partial charge on any atom is -0.349 e. The van der Waals surface area contributed by atoms with Crippen LogP contribution in [0.2, 0.25) is 0 Å². The summed E-state index contributed by atoms with van der Waals surface area (Å²) >= 11 is 0. The molecule has 1 atom stereocenters. The number of hydrogen-bond donors (Lipinski definition) is 2. The fourth-order valence-corrected chi connectivity index (χ4v) is 2.08. The number of aromatic nitrogens is 3. The standard InChI is InChI=1S/C11H14FN5/c12-8-3-4-10-15-11(16-17(10)7-8)14-9-2-1-5-13-6-9/h3-4,7,9,13H,1-2,5-6H2,(H,14,16). The summed E-state index contributed by atoms with van der Waals surface area (Å²) in [6, 6.07) is 3.36. The molecule has 2 N–H and O–H groups in total. The Morgan fingerprint density at radius 3 is 3.24 bits per heavy atom. The van der Waals surface area contributed by atoms with Crippen molar-refractivity contribution >= 4 is 11.6 Å². The van der Waals surface area contributed by atoms with E-state index < -0.39 is 0 Å². The fraction of sp³-hybridized carbons (Fsp3) is 0.455. The molecule has 1 saturated heterocycles. The number of rotatable bonds is 2. The molecule has 0 aromatic carbocycles. The Bertz CT molecular complexity index is 518. The van der Waals surface area contributed by atoms with Crippen molar-refractivity contribution in [2.45, 2.75) is 18.9 Å². The van der Waals surface area contributed by atoms with E-state index in [9.17, 15) is 4.39 Å². The van der Waals surface area contributed by atoms with Crippen LogP contribution in [-0.2, 0) is 0 Å². The highest BCUT2D eigenvalue weighted by Crippen LogP contribution is 2.10. The number of nitrogens with zero attached hydrogens (tertiary/aromatic N) is 3. The van der Waals surface area contributed by atoms with Gasteiger partial charge in [0.25, 0.3) is 0 Å². The second-order valence-corrected chi connectivity index (χ2v) is 4.27. The third kappa shape index (κ3) is 2.21. The van der Waals surface area contributed by atoms with Crippen molar-refractivity contribution in [1.82, 2.24) is 19.9 Å². The maximum absolute atomic E-state index is 13.0.